The molecule has 0 aliphatic heterocycles. The minimum atomic E-state index is 0.185. The molecular weight excluding hydrogens is 466 g/mol. The molecule has 1 saturated carbocycles. The highest BCUT2D eigenvalue weighted by Crippen LogP contribution is 2.33. The highest BCUT2D eigenvalue weighted by Gasteiger charge is 2.24. The fraction of sp³-hybridized carbons (Fsp3) is 0.321. The lowest BCUT2D eigenvalue weighted by molar-refractivity contribution is 0.397. The topological polar surface area (TPSA) is 136 Å². The minimum absolute atomic E-state index is 0.185. The number of pyridine rings is 1. The Balaban J connectivity index is 1.62. The summed E-state index contributed by atoms with van der Waals surface area (Å²) in [6.07, 6.45) is 9.13. The summed E-state index contributed by atoms with van der Waals surface area (Å²) in [5, 5.41) is 18.3. The van der Waals surface area contributed by atoms with Crippen molar-refractivity contribution in [1.82, 2.24) is 14.6 Å². The summed E-state index contributed by atoms with van der Waals surface area (Å²) in [5.74, 6) is 1.14. The summed E-state index contributed by atoms with van der Waals surface area (Å²) in [4.78, 5) is 9.14. The van der Waals surface area contributed by atoms with Crippen molar-refractivity contribution < 1.29 is 9.84 Å². The summed E-state index contributed by atoms with van der Waals surface area (Å²) < 4.78 is 7.12. The van der Waals surface area contributed by atoms with E-state index >= 15 is 0 Å². The molecule has 1 aliphatic carbocycles. The molecular formula is C28H33N7O2. The maximum Gasteiger partial charge on any atom is 0.213 e. The van der Waals surface area contributed by atoms with Gasteiger partial charge in [0.05, 0.1) is 35.8 Å². The van der Waals surface area contributed by atoms with E-state index in [2.05, 4.69) is 21.5 Å². The van der Waals surface area contributed by atoms with Crippen LogP contribution in [-0.2, 0) is 6.42 Å². The Morgan fingerprint density at radius 1 is 1.24 bits per heavy atom. The summed E-state index contributed by atoms with van der Waals surface area (Å²) in [6.45, 7) is 4.06. The Hall–Kier alpha value is -4.11. The molecule has 9 heteroatoms. The molecule has 4 aromatic rings. The normalized spacial score (nSPS) is 17.9. The number of aryl methyl sites for hydroxylation is 2. The molecule has 0 unspecified atom stereocenters. The fourth-order valence-electron chi connectivity index (χ4n) is 5.00. The zero-order valence-electron chi connectivity index (χ0n) is 21.4. The number of methoxy groups -OCH3 is 1. The average molecular weight is 500 g/mol. The van der Waals surface area contributed by atoms with Crippen molar-refractivity contribution in [2.75, 3.05) is 12.4 Å². The molecule has 192 valence electrons. The van der Waals surface area contributed by atoms with Gasteiger partial charge in [-0.15, -0.1) is 0 Å². The number of nitrogens with one attached hydrogen (secondary N) is 1. The second kappa shape index (κ2) is 10.1. The number of benzene rings is 1. The van der Waals surface area contributed by atoms with Crippen molar-refractivity contribution >= 4 is 22.7 Å². The van der Waals surface area contributed by atoms with E-state index in [1.54, 1.807) is 31.5 Å². The van der Waals surface area contributed by atoms with Crippen LogP contribution in [0.15, 0.2) is 53.9 Å². The first-order chi connectivity index (χ1) is 17.9. The van der Waals surface area contributed by atoms with Crippen LogP contribution >= 0.6 is 0 Å². The van der Waals surface area contributed by atoms with E-state index < -0.39 is 0 Å². The molecule has 9 nitrogen and oxygen atoms in total. The van der Waals surface area contributed by atoms with Crippen LogP contribution in [0.4, 0.5) is 11.4 Å². The van der Waals surface area contributed by atoms with Crippen molar-refractivity contribution in [3.63, 3.8) is 0 Å². The number of anilines is 1. The van der Waals surface area contributed by atoms with E-state index in [4.69, 9.17) is 21.2 Å². The van der Waals surface area contributed by atoms with Crippen LogP contribution in [-0.4, -0.2) is 44.7 Å². The maximum atomic E-state index is 9.88. The highest BCUT2D eigenvalue weighted by molar-refractivity contribution is 6.06. The molecule has 0 radical (unpaired) electrons. The van der Waals surface area contributed by atoms with Gasteiger partial charge in [-0.1, -0.05) is 6.92 Å². The van der Waals surface area contributed by atoms with Gasteiger partial charge < -0.3 is 26.6 Å². The number of aromatic nitrogens is 3. The van der Waals surface area contributed by atoms with E-state index in [-0.39, 0.29) is 17.8 Å². The molecule has 2 atom stereocenters. The predicted molar refractivity (Wildman–Crippen MR) is 147 cm³/mol. The average Bonchev–Trinajstić information content (AvgIpc) is 3.51. The zero-order chi connectivity index (χ0) is 26.1. The first-order valence-electron chi connectivity index (χ1n) is 12.6. The largest absolute Gasteiger partial charge is 0.508 e. The molecule has 37 heavy (non-hydrogen) atoms. The lowest BCUT2D eigenvalue weighted by Gasteiger charge is -2.18. The van der Waals surface area contributed by atoms with Gasteiger partial charge in [-0.3, -0.25) is 0 Å². The molecule has 3 aromatic heterocycles. The van der Waals surface area contributed by atoms with Crippen LogP contribution in [0.5, 0.6) is 11.6 Å². The van der Waals surface area contributed by atoms with Crippen LogP contribution in [0.1, 0.15) is 42.9 Å². The maximum absolute atomic E-state index is 9.88. The van der Waals surface area contributed by atoms with E-state index in [0.29, 0.717) is 11.7 Å². The lowest BCUT2D eigenvalue weighted by atomic mass is 10.1. The number of aromatic hydroxyl groups is 1. The quantitative estimate of drug-likeness (QED) is 0.220. The highest BCUT2D eigenvalue weighted by atomic mass is 16.5. The number of hydrogen-bond acceptors (Lipinski definition) is 7. The second-order valence-corrected chi connectivity index (χ2v) is 9.61. The number of phenolic OH excluding ortho intramolecular Hbond substituents is 1. The molecule has 1 aliphatic rings. The molecule has 5 rings (SSSR count). The van der Waals surface area contributed by atoms with Gasteiger partial charge in [-0.05, 0) is 68.0 Å². The standard InChI is InChI=1S/C28H33N7O2/c1-4-17-10-21(36)7-8-24(17)34-28(30)23-14-32-35-15-18(22-13-31-26(37-3)9-16(22)2)11-25(35)27(23)33-20-6-5-19(29)12-20/h7-11,13-15,19-20,33,36H,4-6,12,29H2,1-3H3,(H2,30,34)/t19-,20+/m0/s1. The molecule has 1 fully saturated rings. The van der Waals surface area contributed by atoms with Gasteiger partial charge in [0.2, 0.25) is 5.88 Å². The molecule has 1 aromatic carbocycles. The van der Waals surface area contributed by atoms with Crippen LogP contribution in [0, 0.1) is 6.92 Å². The number of phenols is 1. The fourth-order valence-corrected chi connectivity index (χ4v) is 5.00. The van der Waals surface area contributed by atoms with Gasteiger partial charge in [0.25, 0.3) is 0 Å². The van der Waals surface area contributed by atoms with E-state index in [0.717, 1.165) is 70.4 Å². The summed E-state index contributed by atoms with van der Waals surface area (Å²) >= 11 is 0. The van der Waals surface area contributed by atoms with Crippen molar-refractivity contribution in [1.29, 1.82) is 0 Å². The third-order valence-electron chi connectivity index (χ3n) is 7.03. The third kappa shape index (κ3) is 4.95. The number of amidine groups is 1. The molecule has 0 spiro atoms. The monoisotopic (exact) mass is 499 g/mol. The Labute approximate surface area is 216 Å². The van der Waals surface area contributed by atoms with Gasteiger partial charge in [-0.2, -0.15) is 5.10 Å². The number of rotatable bonds is 7. The predicted octanol–water partition coefficient (Wildman–Crippen LogP) is 4.31. The molecule has 0 saturated heterocycles. The number of aliphatic imine (C=N–C) groups is 1. The van der Waals surface area contributed by atoms with Crippen molar-refractivity contribution in [3.05, 3.63) is 65.6 Å². The Morgan fingerprint density at radius 2 is 2.08 bits per heavy atom. The van der Waals surface area contributed by atoms with Crippen molar-refractivity contribution in [3.8, 4) is 22.8 Å². The van der Waals surface area contributed by atoms with Crippen molar-refractivity contribution in [2.24, 2.45) is 16.5 Å². The van der Waals surface area contributed by atoms with Crippen LogP contribution < -0.4 is 21.5 Å². The number of fused-ring (bicyclic) bond motifs is 1. The summed E-state index contributed by atoms with van der Waals surface area (Å²) in [6, 6.07) is 9.55. The Morgan fingerprint density at radius 3 is 2.78 bits per heavy atom. The Bertz CT molecular complexity index is 1480. The van der Waals surface area contributed by atoms with E-state index in [1.807, 2.05) is 36.8 Å². The van der Waals surface area contributed by atoms with Gasteiger partial charge >= 0.3 is 0 Å². The number of hydrogen-bond donors (Lipinski definition) is 4. The van der Waals surface area contributed by atoms with Crippen LogP contribution in [0.2, 0.25) is 0 Å². The first kappa shape index (κ1) is 24.6. The molecule has 3 heterocycles. The lowest BCUT2D eigenvalue weighted by Crippen LogP contribution is -2.24. The second-order valence-electron chi connectivity index (χ2n) is 9.61. The summed E-state index contributed by atoms with van der Waals surface area (Å²) in [5.41, 5.74) is 20.0. The number of nitrogens with two attached hydrogens (primary N) is 2. The van der Waals surface area contributed by atoms with Gasteiger partial charge in [0, 0.05) is 41.7 Å². The van der Waals surface area contributed by atoms with E-state index in [1.165, 1.54) is 0 Å². The van der Waals surface area contributed by atoms with Crippen LogP contribution in [0.3, 0.4) is 0 Å². The minimum Gasteiger partial charge on any atom is -0.508 e. The Kier molecular flexibility index (Phi) is 6.71. The van der Waals surface area contributed by atoms with Gasteiger partial charge in [0.15, 0.2) is 0 Å². The molecule has 0 amide bonds. The third-order valence-corrected chi connectivity index (χ3v) is 7.03. The van der Waals surface area contributed by atoms with Gasteiger partial charge in [-0.25, -0.2) is 14.5 Å². The first-order valence-corrected chi connectivity index (χ1v) is 12.6. The summed E-state index contributed by atoms with van der Waals surface area (Å²) in [7, 11) is 1.61. The SMILES string of the molecule is CCc1cc(O)ccc1/N=C(\N)c1cnn2cc(-c3cnc(OC)cc3C)cc2c1N[C@@H]1CC[C@H](N)C1. The van der Waals surface area contributed by atoms with Crippen molar-refractivity contribution in [2.45, 2.75) is 51.6 Å². The van der Waals surface area contributed by atoms with Gasteiger partial charge in [0.1, 0.15) is 11.6 Å². The van der Waals surface area contributed by atoms with E-state index in [9.17, 15) is 5.11 Å². The molecule has 6 N–H and O–H groups in total. The zero-order valence-corrected chi connectivity index (χ0v) is 21.4. The molecule has 0 bridgehead atoms. The smallest absolute Gasteiger partial charge is 0.213 e. The number of nitrogens with zero attached hydrogens (tertiary/aromatic N) is 4. The number of ether oxygens (including phenoxy) is 1. The van der Waals surface area contributed by atoms with Crippen LogP contribution in [0.25, 0.3) is 16.6 Å².